The lowest BCUT2D eigenvalue weighted by Crippen LogP contribution is -2.34. The first-order valence-electron chi connectivity index (χ1n) is 7.11. The molecule has 0 bridgehead atoms. The van der Waals surface area contributed by atoms with Crippen LogP contribution in [0.25, 0.3) is 4.96 Å². The number of imidazole rings is 1. The monoisotopic (exact) mass is 295 g/mol. The van der Waals surface area contributed by atoms with E-state index in [2.05, 4.69) is 48.3 Å². The first-order chi connectivity index (χ1) is 9.50. The Labute approximate surface area is 125 Å². The van der Waals surface area contributed by atoms with Gasteiger partial charge in [-0.2, -0.15) is 0 Å². The number of ether oxygens (including phenoxy) is 1. The van der Waals surface area contributed by atoms with E-state index >= 15 is 0 Å². The van der Waals surface area contributed by atoms with Crippen LogP contribution in [0, 0.1) is 11.3 Å². The number of rotatable bonds is 7. The van der Waals surface area contributed by atoms with Crippen LogP contribution in [-0.2, 0) is 11.2 Å². The molecule has 0 spiro atoms. The predicted molar refractivity (Wildman–Crippen MR) is 84.5 cm³/mol. The van der Waals surface area contributed by atoms with Gasteiger partial charge in [0.25, 0.3) is 0 Å². The largest absolute Gasteiger partial charge is 0.383 e. The van der Waals surface area contributed by atoms with Crippen molar-refractivity contribution in [2.75, 3.05) is 26.8 Å². The van der Waals surface area contributed by atoms with Crippen molar-refractivity contribution in [1.82, 2.24) is 14.7 Å². The van der Waals surface area contributed by atoms with Crippen molar-refractivity contribution < 1.29 is 4.74 Å². The highest BCUT2D eigenvalue weighted by Gasteiger charge is 2.25. The molecule has 0 fully saturated rings. The van der Waals surface area contributed by atoms with Crippen LogP contribution in [0.1, 0.15) is 26.5 Å². The molecule has 0 radical (unpaired) electrons. The summed E-state index contributed by atoms with van der Waals surface area (Å²) in [7, 11) is 1.74. The highest BCUT2D eigenvalue weighted by molar-refractivity contribution is 7.15. The number of hydrogen-bond donors (Lipinski definition) is 1. The molecule has 0 aromatic carbocycles. The van der Waals surface area contributed by atoms with Gasteiger partial charge in [-0.15, -0.1) is 11.3 Å². The quantitative estimate of drug-likeness (QED) is 0.798. The molecule has 1 atom stereocenters. The molecular formula is C15H25N3OS. The van der Waals surface area contributed by atoms with Crippen LogP contribution in [0.3, 0.4) is 0 Å². The van der Waals surface area contributed by atoms with E-state index in [1.54, 1.807) is 18.4 Å². The highest BCUT2D eigenvalue weighted by Crippen LogP contribution is 2.28. The van der Waals surface area contributed by atoms with Gasteiger partial charge in [0, 0.05) is 31.4 Å². The van der Waals surface area contributed by atoms with E-state index in [9.17, 15) is 0 Å². The third-order valence-electron chi connectivity index (χ3n) is 3.70. The van der Waals surface area contributed by atoms with Gasteiger partial charge in [0.15, 0.2) is 4.96 Å². The molecular weight excluding hydrogens is 270 g/mol. The molecule has 1 N–H and O–H groups in total. The summed E-state index contributed by atoms with van der Waals surface area (Å²) >= 11 is 1.69. The average Bonchev–Trinajstić information content (AvgIpc) is 2.92. The van der Waals surface area contributed by atoms with Crippen molar-refractivity contribution in [3.05, 3.63) is 23.5 Å². The van der Waals surface area contributed by atoms with Crippen molar-refractivity contribution in [3.63, 3.8) is 0 Å². The predicted octanol–water partition coefficient (Wildman–Crippen LogP) is 2.84. The molecule has 1 unspecified atom stereocenters. The molecule has 0 aliphatic carbocycles. The standard InChI is InChI=1S/C15H25N3OS/c1-15(2,3)12(10-16-5-7-19-4)9-13-11-18-6-8-20-14(18)17-13/h6,8,11-12,16H,5,7,9-10H2,1-4H3. The zero-order chi connectivity index (χ0) is 14.6. The summed E-state index contributed by atoms with van der Waals surface area (Å²) in [5.41, 5.74) is 1.45. The van der Waals surface area contributed by atoms with E-state index in [1.165, 1.54) is 5.69 Å². The summed E-state index contributed by atoms with van der Waals surface area (Å²) in [5.74, 6) is 0.559. The Morgan fingerprint density at radius 3 is 2.90 bits per heavy atom. The molecule has 0 aliphatic heterocycles. The van der Waals surface area contributed by atoms with Crippen molar-refractivity contribution >= 4 is 16.3 Å². The molecule has 2 aromatic rings. The summed E-state index contributed by atoms with van der Waals surface area (Å²) in [4.78, 5) is 5.78. The lowest BCUT2D eigenvalue weighted by atomic mass is 9.78. The maximum Gasteiger partial charge on any atom is 0.193 e. The maximum absolute atomic E-state index is 5.08. The van der Waals surface area contributed by atoms with Crippen molar-refractivity contribution in [1.29, 1.82) is 0 Å². The van der Waals surface area contributed by atoms with E-state index in [0.717, 1.165) is 31.1 Å². The average molecular weight is 295 g/mol. The van der Waals surface area contributed by atoms with Gasteiger partial charge < -0.3 is 10.1 Å². The van der Waals surface area contributed by atoms with Crippen molar-refractivity contribution in [2.45, 2.75) is 27.2 Å². The Morgan fingerprint density at radius 1 is 1.45 bits per heavy atom. The third-order valence-corrected chi connectivity index (χ3v) is 4.47. The fraction of sp³-hybridized carbons (Fsp3) is 0.667. The van der Waals surface area contributed by atoms with Gasteiger partial charge in [0.2, 0.25) is 0 Å². The summed E-state index contributed by atoms with van der Waals surface area (Å²) in [6.07, 6.45) is 5.23. The number of thiazole rings is 1. The molecule has 0 saturated heterocycles. The molecule has 2 aromatic heterocycles. The molecule has 20 heavy (non-hydrogen) atoms. The summed E-state index contributed by atoms with van der Waals surface area (Å²) in [6, 6.07) is 0. The normalized spacial score (nSPS) is 14.0. The summed E-state index contributed by atoms with van der Waals surface area (Å²) < 4.78 is 7.19. The Balaban J connectivity index is 1.98. The fourth-order valence-electron chi connectivity index (χ4n) is 2.26. The number of nitrogens with zero attached hydrogens (tertiary/aromatic N) is 2. The maximum atomic E-state index is 5.08. The SMILES string of the molecule is COCCNCC(Cc1cn2ccsc2n1)C(C)(C)C. The number of hydrogen-bond acceptors (Lipinski definition) is 4. The minimum Gasteiger partial charge on any atom is -0.383 e. The Morgan fingerprint density at radius 2 is 2.25 bits per heavy atom. The Bertz CT molecular complexity index is 498. The van der Waals surface area contributed by atoms with Gasteiger partial charge >= 0.3 is 0 Å². The van der Waals surface area contributed by atoms with Gasteiger partial charge in [-0.05, 0) is 24.3 Å². The van der Waals surface area contributed by atoms with Crippen LogP contribution in [0.5, 0.6) is 0 Å². The van der Waals surface area contributed by atoms with Crippen molar-refractivity contribution in [3.8, 4) is 0 Å². The molecule has 112 valence electrons. The van der Waals surface area contributed by atoms with Crippen LogP contribution in [0.2, 0.25) is 0 Å². The number of nitrogens with one attached hydrogen (secondary N) is 1. The van der Waals surface area contributed by atoms with Gasteiger partial charge in [-0.1, -0.05) is 20.8 Å². The number of methoxy groups -OCH3 is 1. The van der Waals surface area contributed by atoms with Crippen LogP contribution in [0.4, 0.5) is 0 Å². The van der Waals surface area contributed by atoms with Gasteiger partial charge in [-0.3, -0.25) is 4.40 Å². The highest BCUT2D eigenvalue weighted by atomic mass is 32.1. The second-order valence-corrected chi connectivity index (χ2v) is 7.16. The van der Waals surface area contributed by atoms with Crippen LogP contribution in [0.15, 0.2) is 17.8 Å². The molecule has 0 amide bonds. The van der Waals surface area contributed by atoms with E-state index in [4.69, 9.17) is 9.72 Å². The topological polar surface area (TPSA) is 38.6 Å². The molecule has 0 saturated carbocycles. The Kier molecular flexibility index (Phi) is 5.18. The molecule has 5 heteroatoms. The number of fused-ring (bicyclic) bond motifs is 1. The van der Waals surface area contributed by atoms with Gasteiger partial charge in [0.05, 0.1) is 12.3 Å². The lowest BCUT2D eigenvalue weighted by molar-refractivity contribution is 0.186. The molecule has 0 aliphatic rings. The smallest absolute Gasteiger partial charge is 0.193 e. The summed E-state index contributed by atoms with van der Waals surface area (Å²) in [5, 5.41) is 5.55. The van der Waals surface area contributed by atoms with Crippen LogP contribution >= 0.6 is 11.3 Å². The second kappa shape index (κ2) is 6.70. The molecule has 4 nitrogen and oxygen atoms in total. The minimum absolute atomic E-state index is 0.261. The van der Waals surface area contributed by atoms with E-state index in [1.807, 2.05) is 0 Å². The molecule has 2 heterocycles. The van der Waals surface area contributed by atoms with Crippen LogP contribution < -0.4 is 5.32 Å². The second-order valence-electron chi connectivity index (χ2n) is 6.29. The third kappa shape index (κ3) is 4.04. The lowest BCUT2D eigenvalue weighted by Gasteiger charge is -2.30. The van der Waals surface area contributed by atoms with Crippen molar-refractivity contribution in [2.24, 2.45) is 11.3 Å². The zero-order valence-corrected chi connectivity index (χ0v) is 13.7. The minimum atomic E-state index is 0.261. The van der Waals surface area contributed by atoms with E-state index in [-0.39, 0.29) is 5.41 Å². The zero-order valence-electron chi connectivity index (χ0n) is 12.8. The van der Waals surface area contributed by atoms with E-state index in [0.29, 0.717) is 5.92 Å². The van der Waals surface area contributed by atoms with Gasteiger partial charge in [0.1, 0.15) is 0 Å². The van der Waals surface area contributed by atoms with Gasteiger partial charge in [-0.25, -0.2) is 4.98 Å². The van der Waals surface area contributed by atoms with Crippen LogP contribution in [-0.4, -0.2) is 36.2 Å². The fourth-order valence-corrected chi connectivity index (χ4v) is 2.98. The number of aromatic nitrogens is 2. The van der Waals surface area contributed by atoms with E-state index < -0.39 is 0 Å². The first-order valence-corrected chi connectivity index (χ1v) is 7.99. The molecule has 2 rings (SSSR count). The summed E-state index contributed by atoms with van der Waals surface area (Å²) in [6.45, 7) is 9.56. The Hall–Kier alpha value is -0.910. The first kappa shape index (κ1) is 15.5.